The summed E-state index contributed by atoms with van der Waals surface area (Å²) in [5.74, 6) is -1.36. The van der Waals surface area contributed by atoms with Crippen molar-refractivity contribution in [2.24, 2.45) is 5.73 Å². The van der Waals surface area contributed by atoms with Crippen LogP contribution < -0.4 is 11.1 Å². The fourth-order valence-electron chi connectivity index (χ4n) is 2.72. The van der Waals surface area contributed by atoms with Crippen molar-refractivity contribution >= 4 is 11.8 Å². The molecule has 13 heteroatoms. The van der Waals surface area contributed by atoms with Gasteiger partial charge in [0.05, 0.1) is 6.04 Å². The van der Waals surface area contributed by atoms with E-state index in [1.807, 2.05) is 0 Å². The van der Waals surface area contributed by atoms with E-state index in [9.17, 15) is 27.2 Å². The second-order valence-electron chi connectivity index (χ2n) is 6.34. The van der Waals surface area contributed by atoms with E-state index in [4.69, 9.17) is 5.73 Å². The topological polar surface area (TPSA) is 129 Å². The monoisotopic (exact) mass is 437 g/mol. The molecule has 0 aliphatic heterocycles. The standard InChI is InChI=1S/C18H15F4N7O2/c1-8(17-26-7-27-29(17)13-5-12(16(23)30)24-6-25-13)28-18(31)11-3-9(14(19)20)2-10(4-11)15(21)22/h2-8,14-15H,1H3,(H2,23,30)(H,28,31)/t8-/m0/s1. The Morgan fingerprint density at radius 3 is 2.19 bits per heavy atom. The Balaban J connectivity index is 1.87. The van der Waals surface area contributed by atoms with Gasteiger partial charge in [-0.25, -0.2) is 32.5 Å². The number of carbonyl (C=O) groups excluding carboxylic acids is 2. The molecule has 0 spiro atoms. The number of nitrogens with zero attached hydrogens (tertiary/aromatic N) is 5. The third-order valence-electron chi connectivity index (χ3n) is 4.17. The maximum absolute atomic E-state index is 13.0. The first-order valence-electron chi connectivity index (χ1n) is 8.71. The van der Waals surface area contributed by atoms with Crippen molar-refractivity contribution in [1.82, 2.24) is 30.0 Å². The first-order chi connectivity index (χ1) is 14.7. The summed E-state index contributed by atoms with van der Waals surface area (Å²) in [4.78, 5) is 35.6. The highest BCUT2D eigenvalue weighted by Crippen LogP contribution is 2.27. The average Bonchev–Trinajstić information content (AvgIpc) is 3.23. The zero-order valence-electron chi connectivity index (χ0n) is 15.8. The number of aromatic nitrogens is 5. The molecule has 2 heterocycles. The number of hydrogen-bond acceptors (Lipinski definition) is 6. The first-order valence-corrected chi connectivity index (χ1v) is 8.71. The van der Waals surface area contributed by atoms with Crippen LogP contribution in [0.3, 0.4) is 0 Å². The molecule has 0 saturated carbocycles. The summed E-state index contributed by atoms with van der Waals surface area (Å²) in [5, 5.41) is 6.47. The van der Waals surface area contributed by atoms with Crippen molar-refractivity contribution in [3.05, 3.63) is 65.1 Å². The first kappa shape index (κ1) is 21.8. The molecule has 0 bridgehead atoms. The average molecular weight is 437 g/mol. The van der Waals surface area contributed by atoms with Crippen LogP contribution in [0.25, 0.3) is 5.82 Å². The Hall–Kier alpha value is -3.90. The lowest BCUT2D eigenvalue weighted by Gasteiger charge is -2.15. The second-order valence-corrected chi connectivity index (χ2v) is 6.34. The van der Waals surface area contributed by atoms with E-state index in [2.05, 4.69) is 25.4 Å². The largest absolute Gasteiger partial charge is 0.364 e. The van der Waals surface area contributed by atoms with Crippen LogP contribution in [-0.4, -0.2) is 36.5 Å². The lowest BCUT2D eigenvalue weighted by atomic mass is 10.0. The minimum absolute atomic E-state index is 0.0773. The quantitative estimate of drug-likeness (QED) is 0.547. The number of primary amides is 1. The van der Waals surface area contributed by atoms with Crippen molar-refractivity contribution in [2.75, 3.05) is 0 Å². The van der Waals surface area contributed by atoms with Crippen molar-refractivity contribution < 1.29 is 27.2 Å². The molecule has 9 nitrogen and oxygen atoms in total. The van der Waals surface area contributed by atoms with Gasteiger partial charge in [-0.1, -0.05) is 0 Å². The lowest BCUT2D eigenvalue weighted by Crippen LogP contribution is -2.29. The molecule has 3 rings (SSSR count). The van der Waals surface area contributed by atoms with Gasteiger partial charge in [-0.15, -0.1) is 0 Å². The van der Waals surface area contributed by atoms with E-state index in [1.165, 1.54) is 17.7 Å². The number of benzene rings is 1. The van der Waals surface area contributed by atoms with Crippen LogP contribution in [0.4, 0.5) is 17.6 Å². The van der Waals surface area contributed by atoms with Crippen molar-refractivity contribution in [3.8, 4) is 5.82 Å². The molecule has 0 saturated heterocycles. The Kier molecular flexibility index (Phi) is 6.22. The molecule has 2 amide bonds. The number of alkyl halides is 4. The molecule has 31 heavy (non-hydrogen) atoms. The van der Waals surface area contributed by atoms with Crippen LogP contribution in [-0.2, 0) is 0 Å². The minimum Gasteiger partial charge on any atom is -0.364 e. The summed E-state index contributed by atoms with van der Waals surface area (Å²) < 4.78 is 53.3. The van der Waals surface area contributed by atoms with Crippen molar-refractivity contribution in [1.29, 1.82) is 0 Å². The number of hydrogen-bond donors (Lipinski definition) is 2. The molecular weight excluding hydrogens is 422 g/mol. The van der Waals surface area contributed by atoms with Crippen LogP contribution in [0.15, 0.2) is 36.9 Å². The highest BCUT2D eigenvalue weighted by atomic mass is 19.3. The molecule has 0 fully saturated rings. The van der Waals surface area contributed by atoms with Crippen molar-refractivity contribution in [2.45, 2.75) is 25.8 Å². The van der Waals surface area contributed by atoms with E-state index < -0.39 is 41.8 Å². The predicted molar refractivity (Wildman–Crippen MR) is 97.7 cm³/mol. The van der Waals surface area contributed by atoms with Gasteiger partial charge in [0.2, 0.25) is 0 Å². The number of nitrogens with one attached hydrogen (secondary N) is 1. The Labute approximate surface area is 172 Å². The van der Waals surface area contributed by atoms with Gasteiger partial charge in [0.25, 0.3) is 24.7 Å². The SMILES string of the molecule is C[C@H](NC(=O)c1cc(C(F)F)cc(C(F)F)c1)c1ncnn1-c1cc(C(N)=O)ncn1. The van der Waals surface area contributed by atoms with Gasteiger partial charge in [-0.2, -0.15) is 9.78 Å². The molecule has 1 aromatic carbocycles. The highest BCUT2D eigenvalue weighted by molar-refractivity contribution is 5.95. The Morgan fingerprint density at radius 1 is 0.968 bits per heavy atom. The van der Waals surface area contributed by atoms with Gasteiger partial charge in [0.1, 0.15) is 18.3 Å². The fourth-order valence-corrected chi connectivity index (χ4v) is 2.72. The molecule has 0 aliphatic carbocycles. The fraction of sp³-hybridized carbons (Fsp3) is 0.222. The van der Waals surface area contributed by atoms with Gasteiger partial charge < -0.3 is 11.1 Å². The van der Waals surface area contributed by atoms with E-state index in [0.717, 1.165) is 24.8 Å². The van der Waals surface area contributed by atoms with Crippen LogP contribution in [0.2, 0.25) is 0 Å². The summed E-state index contributed by atoms with van der Waals surface area (Å²) >= 11 is 0. The summed E-state index contributed by atoms with van der Waals surface area (Å²) in [7, 11) is 0. The zero-order valence-corrected chi connectivity index (χ0v) is 15.8. The third-order valence-corrected chi connectivity index (χ3v) is 4.17. The van der Waals surface area contributed by atoms with Crippen LogP contribution in [0, 0.1) is 0 Å². The van der Waals surface area contributed by atoms with Crippen molar-refractivity contribution in [3.63, 3.8) is 0 Å². The molecular formula is C18H15F4N7O2. The summed E-state index contributed by atoms with van der Waals surface area (Å²) in [5.41, 5.74) is 3.37. The van der Waals surface area contributed by atoms with Crippen LogP contribution >= 0.6 is 0 Å². The normalized spacial score (nSPS) is 12.2. The molecule has 0 radical (unpaired) electrons. The lowest BCUT2D eigenvalue weighted by molar-refractivity contribution is 0.0935. The zero-order chi connectivity index (χ0) is 22.7. The number of rotatable bonds is 7. The van der Waals surface area contributed by atoms with E-state index in [0.29, 0.717) is 6.07 Å². The van der Waals surface area contributed by atoms with Crippen LogP contribution in [0.5, 0.6) is 0 Å². The molecule has 0 aliphatic rings. The summed E-state index contributed by atoms with van der Waals surface area (Å²) in [6.45, 7) is 1.51. The molecule has 0 unspecified atom stereocenters. The van der Waals surface area contributed by atoms with Gasteiger partial charge in [-0.3, -0.25) is 9.59 Å². The van der Waals surface area contributed by atoms with Crippen LogP contribution in [0.1, 0.15) is 63.6 Å². The van der Waals surface area contributed by atoms with Gasteiger partial charge in [0.15, 0.2) is 11.6 Å². The Morgan fingerprint density at radius 2 is 1.61 bits per heavy atom. The predicted octanol–water partition coefficient (Wildman–Crippen LogP) is 2.52. The van der Waals surface area contributed by atoms with Gasteiger partial charge in [0, 0.05) is 22.8 Å². The number of nitrogens with two attached hydrogens (primary N) is 1. The minimum atomic E-state index is -3.03. The molecule has 3 aromatic rings. The van der Waals surface area contributed by atoms with E-state index in [1.54, 1.807) is 0 Å². The number of halogens is 4. The number of carbonyl (C=O) groups is 2. The highest BCUT2D eigenvalue weighted by Gasteiger charge is 2.22. The van der Waals surface area contributed by atoms with E-state index in [-0.39, 0.29) is 22.9 Å². The molecule has 2 aromatic heterocycles. The third kappa shape index (κ3) is 4.82. The summed E-state index contributed by atoms with van der Waals surface area (Å²) in [6.07, 6.45) is -3.80. The van der Waals surface area contributed by atoms with E-state index >= 15 is 0 Å². The smallest absolute Gasteiger partial charge is 0.267 e. The molecule has 3 N–H and O–H groups in total. The molecule has 162 valence electrons. The second kappa shape index (κ2) is 8.85. The van der Waals surface area contributed by atoms with Gasteiger partial charge >= 0.3 is 0 Å². The maximum atomic E-state index is 13.0. The maximum Gasteiger partial charge on any atom is 0.267 e. The summed E-state index contributed by atoms with van der Waals surface area (Å²) in [6, 6.07) is 2.75. The Bertz CT molecular complexity index is 1090. The van der Waals surface area contributed by atoms with Gasteiger partial charge in [-0.05, 0) is 25.1 Å². The molecule has 1 atom stereocenters. The number of amides is 2.